The molecule has 144 valence electrons. The molecule has 3 aromatic heterocycles. The van der Waals surface area contributed by atoms with E-state index < -0.39 is 0 Å². The molecule has 1 amide bonds. The molecule has 7 heteroatoms. The Hall–Kier alpha value is -2.02. The molecule has 6 nitrogen and oxygen atoms in total. The van der Waals surface area contributed by atoms with Gasteiger partial charge in [-0.3, -0.25) is 4.79 Å². The van der Waals surface area contributed by atoms with Crippen molar-refractivity contribution in [1.82, 2.24) is 24.5 Å². The molecule has 0 radical (unpaired) electrons. The quantitative estimate of drug-likeness (QED) is 0.655. The Kier molecular flexibility index (Phi) is 4.88. The van der Waals surface area contributed by atoms with Crippen molar-refractivity contribution in [2.75, 3.05) is 13.1 Å². The monoisotopic (exact) mass is 385 g/mol. The van der Waals surface area contributed by atoms with Gasteiger partial charge in [-0.05, 0) is 51.0 Å². The van der Waals surface area contributed by atoms with Crippen LogP contribution < -0.4 is 0 Å². The minimum absolute atomic E-state index is 0.0839. The minimum Gasteiger partial charge on any atom is -0.336 e. The molecule has 3 aromatic rings. The molecule has 1 aliphatic rings. The molecule has 0 fully saturated rings. The molecule has 4 rings (SSSR count). The van der Waals surface area contributed by atoms with Crippen molar-refractivity contribution in [3.05, 3.63) is 22.1 Å². The van der Waals surface area contributed by atoms with Crippen molar-refractivity contribution in [3.8, 4) is 0 Å². The van der Waals surface area contributed by atoms with Crippen molar-refractivity contribution in [1.29, 1.82) is 0 Å². The molecule has 1 unspecified atom stereocenters. The van der Waals surface area contributed by atoms with Crippen LogP contribution in [0.3, 0.4) is 0 Å². The molecular formula is C20H27N5OS. The van der Waals surface area contributed by atoms with Crippen molar-refractivity contribution >= 4 is 33.1 Å². The molecule has 0 saturated carbocycles. The van der Waals surface area contributed by atoms with E-state index in [0.29, 0.717) is 12.5 Å². The fraction of sp³-hybridized carbons (Fsp3) is 0.600. The number of carbonyl (C=O) groups excluding carboxylic acids is 1. The van der Waals surface area contributed by atoms with Crippen molar-refractivity contribution in [3.63, 3.8) is 0 Å². The number of carbonyl (C=O) groups is 1. The Morgan fingerprint density at radius 1 is 1.33 bits per heavy atom. The summed E-state index contributed by atoms with van der Waals surface area (Å²) in [7, 11) is 0. The number of aryl methyl sites for hydroxylation is 2. The van der Waals surface area contributed by atoms with Gasteiger partial charge in [0.2, 0.25) is 5.82 Å². The predicted molar refractivity (Wildman–Crippen MR) is 109 cm³/mol. The fourth-order valence-corrected chi connectivity index (χ4v) is 5.44. The van der Waals surface area contributed by atoms with Crippen molar-refractivity contribution < 1.29 is 4.79 Å². The van der Waals surface area contributed by atoms with Crippen LogP contribution >= 0.6 is 11.3 Å². The Balaban J connectivity index is 1.86. The number of hydrogen-bond acceptors (Lipinski definition) is 5. The first-order valence-corrected chi connectivity index (χ1v) is 10.8. The molecular weight excluding hydrogens is 358 g/mol. The van der Waals surface area contributed by atoms with Crippen molar-refractivity contribution in [2.24, 2.45) is 0 Å². The van der Waals surface area contributed by atoms with Gasteiger partial charge in [0.1, 0.15) is 10.7 Å². The third-order valence-electron chi connectivity index (χ3n) is 5.58. The maximum Gasteiger partial charge on any atom is 0.293 e. The number of aromatic nitrogens is 4. The number of fused-ring (bicyclic) bond motifs is 5. The first-order chi connectivity index (χ1) is 13.0. The topological polar surface area (TPSA) is 63.4 Å². The maximum atomic E-state index is 13.0. The average molecular weight is 386 g/mol. The molecule has 0 spiro atoms. The number of thiophene rings is 1. The van der Waals surface area contributed by atoms with Gasteiger partial charge in [0.05, 0.1) is 5.39 Å². The second-order valence-corrected chi connectivity index (χ2v) is 8.56. The van der Waals surface area contributed by atoms with E-state index in [-0.39, 0.29) is 11.7 Å². The van der Waals surface area contributed by atoms with Gasteiger partial charge in [-0.25, -0.2) is 9.97 Å². The largest absolute Gasteiger partial charge is 0.336 e. The van der Waals surface area contributed by atoms with E-state index in [1.807, 2.05) is 18.7 Å². The maximum absolute atomic E-state index is 13.0. The molecule has 0 aromatic carbocycles. The van der Waals surface area contributed by atoms with Gasteiger partial charge >= 0.3 is 0 Å². The summed E-state index contributed by atoms with van der Waals surface area (Å²) in [5.74, 6) is 1.49. The van der Waals surface area contributed by atoms with Gasteiger partial charge in [0.25, 0.3) is 5.91 Å². The lowest BCUT2D eigenvalue weighted by atomic mass is 9.87. The summed E-state index contributed by atoms with van der Waals surface area (Å²) in [6.07, 6.45) is 5.60. The number of hydrogen-bond donors (Lipinski definition) is 0. The fourth-order valence-electron chi connectivity index (χ4n) is 4.07. The zero-order chi connectivity index (χ0) is 19.1. The lowest BCUT2D eigenvalue weighted by Gasteiger charge is -2.18. The molecule has 0 saturated heterocycles. The third-order valence-corrected chi connectivity index (χ3v) is 6.74. The lowest BCUT2D eigenvalue weighted by molar-refractivity contribution is 0.0750. The van der Waals surface area contributed by atoms with E-state index in [0.717, 1.165) is 47.5 Å². The van der Waals surface area contributed by atoms with E-state index in [9.17, 15) is 4.79 Å². The molecule has 3 heterocycles. The zero-order valence-corrected chi connectivity index (χ0v) is 17.4. The van der Waals surface area contributed by atoms with E-state index in [4.69, 9.17) is 9.97 Å². The summed E-state index contributed by atoms with van der Waals surface area (Å²) >= 11 is 1.78. The van der Waals surface area contributed by atoms with Crippen LogP contribution in [0.25, 0.3) is 15.9 Å². The Morgan fingerprint density at radius 3 is 2.89 bits per heavy atom. The summed E-state index contributed by atoms with van der Waals surface area (Å²) < 4.78 is 1.76. The normalized spacial score (nSPS) is 16.8. The van der Waals surface area contributed by atoms with Crippen molar-refractivity contribution in [2.45, 2.75) is 65.7 Å². The van der Waals surface area contributed by atoms with Gasteiger partial charge < -0.3 is 4.90 Å². The summed E-state index contributed by atoms with van der Waals surface area (Å²) in [5.41, 5.74) is 2.17. The molecule has 1 aliphatic carbocycles. The zero-order valence-electron chi connectivity index (χ0n) is 16.6. The van der Waals surface area contributed by atoms with Crippen LogP contribution in [0, 0.1) is 6.92 Å². The van der Waals surface area contributed by atoms with Crippen LogP contribution in [0.5, 0.6) is 0 Å². The van der Waals surface area contributed by atoms with E-state index in [1.165, 1.54) is 23.3 Å². The highest BCUT2D eigenvalue weighted by atomic mass is 32.1. The van der Waals surface area contributed by atoms with Crippen LogP contribution in [0.15, 0.2) is 0 Å². The highest BCUT2D eigenvalue weighted by Gasteiger charge is 2.27. The first kappa shape index (κ1) is 18.3. The third kappa shape index (κ3) is 3.02. The van der Waals surface area contributed by atoms with E-state index in [2.05, 4.69) is 18.9 Å². The van der Waals surface area contributed by atoms with Crippen LogP contribution in [-0.4, -0.2) is 43.5 Å². The standard InChI is InChI=1S/C20H27N5OS/c1-5-7-11-24(6-2)20(26)17-22-18-16-15-12(3)9-8-10-14(15)27-19(16)21-13(4)25(18)23-17/h12H,5-11H2,1-4H3. The lowest BCUT2D eigenvalue weighted by Crippen LogP contribution is -2.32. The van der Waals surface area contributed by atoms with Crippen LogP contribution in [-0.2, 0) is 6.42 Å². The molecule has 0 bridgehead atoms. The van der Waals surface area contributed by atoms with Gasteiger partial charge in [0, 0.05) is 18.0 Å². The van der Waals surface area contributed by atoms with Gasteiger partial charge in [-0.15, -0.1) is 16.4 Å². The van der Waals surface area contributed by atoms with E-state index >= 15 is 0 Å². The summed E-state index contributed by atoms with van der Waals surface area (Å²) in [6, 6.07) is 0. The second kappa shape index (κ2) is 7.19. The van der Waals surface area contributed by atoms with Gasteiger partial charge in [-0.2, -0.15) is 4.52 Å². The first-order valence-electron chi connectivity index (χ1n) is 10.0. The second-order valence-electron chi connectivity index (χ2n) is 7.48. The van der Waals surface area contributed by atoms with Crippen LogP contribution in [0.1, 0.15) is 79.3 Å². The SMILES string of the molecule is CCCCN(CC)C(=O)c1nc2c3c4c(sc3nc(C)n2n1)CCCC4C. The number of unbranched alkanes of at least 4 members (excludes halogenated alkanes) is 1. The Morgan fingerprint density at radius 2 is 2.15 bits per heavy atom. The van der Waals surface area contributed by atoms with Gasteiger partial charge in [0.15, 0.2) is 5.65 Å². The highest BCUT2D eigenvalue weighted by molar-refractivity contribution is 7.19. The minimum atomic E-state index is -0.0839. The Bertz CT molecular complexity index is 1010. The smallest absolute Gasteiger partial charge is 0.293 e. The number of amides is 1. The molecule has 1 atom stereocenters. The average Bonchev–Trinajstić information content (AvgIpc) is 3.24. The van der Waals surface area contributed by atoms with Crippen LogP contribution in [0.4, 0.5) is 0 Å². The summed E-state index contributed by atoms with van der Waals surface area (Å²) in [6.45, 7) is 9.78. The number of nitrogens with zero attached hydrogens (tertiary/aromatic N) is 5. The highest BCUT2D eigenvalue weighted by Crippen LogP contribution is 2.42. The molecule has 0 aliphatic heterocycles. The van der Waals surface area contributed by atoms with Crippen LogP contribution in [0.2, 0.25) is 0 Å². The summed E-state index contributed by atoms with van der Waals surface area (Å²) in [5, 5.41) is 5.66. The molecule has 27 heavy (non-hydrogen) atoms. The molecule has 0 N–H and O–H groups in total. The van der Waals surface area contributed by atoms with Gasteiger partial charge in [-0.1, -0.05) is 20.3 Å². The number of rotatable bonds is 5. The van der Waals surface area contributed by atoms with E-state index in [1.54, 1.807) is 15.9 Å². The Labute approximate surface area is 163 Å². The predicted octanol–water partition coefficient (Wildman–Crippen LogP) is 4.35. The summed E-state index contributed by atoms with van der Waals surface area (Å²) in [4.78, 5) is 26.8.